The van der Waals surface area contributed by atoms with Crippen LogP contribution >= 0.6 is 12.4 Å². The van der Waals surface area contributed by atoms with E-state index in [1.54, 1.807) is 0 Å². The van der Waals surface area contributed by atoms with Crippen molar-refractivity contribution in [2.75, 3.05) is 27.2 Å². The summed E-state index contributed by atoms with van der Waals surface area (Å²) in [6.07, 6.45) is 0. The first-order valence-corrected chi connectivity index (χ1v) is 2.61. The quantitative estimate of drug-likeness (QED) is 0.679. The van der Waals surface area contributed by atoms with Crippen LogP contribution in [0, 0.1) is 0 Å². The molecular formula is C5H12ClF2NO. The third-order valence-electron chi connectivity index (χ3n) is 0.779. The number of hydrogen-bond acceptors (Lipinski definition) is 2. The monoisotopic (exact) mass is 175 g/mol. The molecule has 0 atom stereocenters. The molecule has 0 aromatic heterocycles. The summed E-state index contributed by atoms with van der Waals surface area (Å²) in [5.41, 5.74) is 0. The molecule has 0 saturated carbocycles. The van der Waals surface area contributed by atoms with Crippen molar-refractivity contribution in [1.29, 1.82) is 0 Å². The highest BCUT2D eigenvalue weighted by molar-refractivity contribution is 5.85. The standard InChI is InChI=1S/C5H11F2NO.ClH/c1-8(2)3-5(6,7)4-9;/h9H,3-4H2,1-2H3;1H. The van der Waals surface area contributed by atoms with Crippen molar-refractivity contribution in [3.05, 3.63) is 0 Å². The van der Waals surface area contributed by atoms with Gasteiger partial charge in [0.15, 0.2) is 0 Å². The number of aliphatic hydroxyl groups excluding tert-OH is 1. The minimum Gasteiger partial charge on any atom is -0.390 e. The molecular weight excluding hydrogens is 164 g/mol. The number of nitrogens with zero attached hydrogens (tertiary/aromatic N) is 1. The van der Waals surface area contributed by atoms with Gasteiger partial charge in [-0.15, -0.1) is 12.4 Å². The summed E-state index contributed by atoms with van der Waals surface area (Å²) in [6, 6.07) is 0. The second kappa shape index (κ2) is 4.82. The Labute approximate surface area is 65.2 Å². The Morgan fingerprint density at radius 2 is 1.80 bits per heavy atom. The molecule has 0 unspecified atom stereocenters. The van der Waals surface area contributed by atoms with E-state index >= 15 is 0 Å². The predicted molar refractivity (Wildman–Crippen MR) is 37.8 cm³/mol. The summed E-state index contributed by atoms with van der Waals surface area (Å²) >= 11 is 0. The Hall–Kier alpha value is 0.0700. The minimum absolute atomic E-state index is 0. The number of aliphatic hydroxyl groups is 1. The predicted octanol–water partition coefficient (Wildman–Crippen LogP) is 0.597. The highest BCUT2D eigenvalue weighted by Crippen LogP contribution is 2.11. The number of alkyl halides is 2. The smallest absolute Gasteiger partial charge is 0.283 e. The van der Waals surface area contributed by atoms with Gasteiger partial charge in [-0.25, -0.2) is 8.78 Å². The maximum atomic E-state index is 12.1. The van der Waals surface area contributed by atoms with E-state index in [9.17, 15) is 8.78 Å². The van der Waals surface area contributed by atoms with Gasteiger partial charge in [-0.1, -0.05) is 0 Å². The van der Waals surface area contributed by atoms with Crippen LogP contribution in [0.5, 0.6) is 0 Å². The molecule has 0 spiro atoms. The molecule has 0 aromatic carbocycles. The van der Waals surface area contributed by atoms with E-state index in [-0.39, 0.29) is 12.4 Å². The van der Waals surface area contributed by atoms with E-state index in [1.807, 2.05) is 0 Å². The van der Waals surface area contributed by atoms with Crippen LogP contribution in [-0.4, -0.2) is 43.2 Å². The summed E-state index contributed by atoms with van der Waals surface area (Å²) in [7, 11) is 3.06. The van der Waals surface area contributed by atoms with Gasteiger partial charge in [0.25, 0.3) is 5.92 Å². The zero-order valence-corrected chi connectivity index (χ0v) is 6.79. The maximum absolute atomic E-state index is 12.1. The Balaban J connectivity index is 0. The van der Waals surface area contributed by atoms with E-state index in [1.165, 1.54) is 19.0 Å². The van der Waals surface area contributed by atoms with E-state index in [0.717, 1.165) is 0 Å². The molecule has 0 saturated heterocycles. The van der Waals surface area contributed by atoms with Crippen molar-refractivity contribution >= 4 is 12.4 Å². The largest absolute Gasteiger partial charge is 0.390 e. The van der Waals surface area contributed by atoms with Gasteiger partial charge in [-0.2, -0.15) is 0 Å². The first kappa shape index (κ1) is 12.7. The fourth-order valence-corrected chi connectivity index (χ4v) is 0.513. The van der Waals surface area contributed by atoms with Crippen molar-refractivity contribution < 1.29 is 13.9 Å². The molecule has 0 fully saturated rings. The number of rotatable bonds is 3. The van der Waals surface area contributed by atoms with E-state index in [0.29, 0.717) is 0 Å². The van der Waals surface area contributed by atoms with Gasteiger partial charge >= 0.3 is 0 Å². The topological polar surface area (TPSA) is 23.5 Å². The van der Waals surface area contributed by atoms with Crippen LogP contribution in [0.25, 0.3) is 0 Å². The minimum atomic E-state index is -2.95. The molecule has 0 rings (SSSR count). The second-order valence-corrected chi connectivity index (χ2v) is 2.25. The summed E-state index contributed by atoms with van der Waals surface area (Å²) in [4.78, 5) is 1.33. The highest BCUT2D eigenvalue weighted by atomic mass is 35.5. The normalized spacial score (nSPS) is 11.4. The third kappa shape index (κ3) is 6.19. The molecule has 5 heteroatoms. The van der Waals surface area contributed by atoms with Gasteiger partial charge in [0.1, 0.15) is 6.61 Å². The molecule has 10 heavy (non-hydrogen) atoms. The molecule has 0 bridgehead atoms. The maximum Gasteiger partial charge on any atom is 0.283 e. The van der Waals surface area contributed by atoms with E-state index in [2.05, 4.69) is 0 Å². The van der Waals surface area contributed by atoms with Gasteiger partial charge < -0.3 is 10.0 Å². The van der Waals surface area contributed by atoms with Gasteiger partial charge in [-0.3, -0.25) is 0 Å². The van der Waals surface area contributed by atoms with Gasteiger partial charge in [0.2, 0.25) is 0 Å². The Morgan fingerprint density at radius 1 is 1.40 bits per heavy atom. The van der Waals surface area contributed by atoms with Gasteiger partial charge in [-0.05, 0) is 14.1 Å². The lowest BCUT2D eigenvalue weighted by atomic mass is 10.3. The van der Waals surface area contributed by atoms with Crippen LogP contribution in [0.2, 0.25) is 0 Å². The molecule has 0 radical (unpaired) electrons. The zero-order chi connectivity index (χ0) is 7.49. The van der Waals surface area contributed by atoms with Crippen LogP contribution < -0.4 is 0 Å². The lowest BCUT2D eigenvalue weighted by molar-refractivity contribution is -0.0651. The average Bonchev–Trinajstić information content (AvgIpc) is 1.63. The number of halogens is 3. The van der Waals surface area contributed by atoms with Crippen molar-refractivity contribution in [1.82, 2.24) is 4.90 Å². The summed E-state index contributed by atoms with van der Waals surface area (Å²) in [6.45, 7) is -1.48. The fourth-order valence-electron chi connectivity index (χ4n) is 0.513. The number of hydrogen-bond donors (Lipinski definition) is 1. The zero-order valence-electron chi connectivity index (χ0n) is 5.97. The summed E-state index contributed by atoms with van der Waals surface area (Å²) in [5.74, 6) is -2.95. The highest BCUT2D eigenvalue weighted by Gasteiger charge is 2.27. The lowest BCUT2D eigenvalue weighted by Gasteiger charge is -2.17. The molecule has 0 aliphatic carbocycles. The second-order valence-electron chi connectivity index (χ2n) is 2.25. The average molecular weight is 176 g/mol. The lowest BCUT2D eigenvalue weighted by Crippen LogP contribution is -2.34. The Bertz CT molecular complexity index is 89.7. The van der Waals surface area contributed by atoms with Crippen LogP contribution in [0.3, 0.4) is 0 Å². The molecule has 0 aromatic rings. The van der Waals surface area contributed by atoms with Crippen LogP contribution in [0.15, 0.2) is 0 Å². The van der Waals surface area contributed by atoms with E-state index in [4.69, 9.17) is 5.11 Å². The molecule has 1 N–H and O–H groups in total. The van der Waals surface area contributed by atoms with Crippen molar-refractivity contribution in [3.63, 3.8) is 0 Å². The van der Waals surface area contributed by atoms with Gasteiger partial charge in [0, 0.05) is 0 Å². The molecule has 0 aliphatic rings. The molecule has 0 aliphatic heterocycles. The first-order chi connectivity index (χ1) is 3.98. The molecule has 0 heterocycles. The van der Waals surface area contributed by atoms with Crippen molar-refractivity contribution in [2.24, 2.45) is 0 Å². The SMILES string of the molecule is CN(C)CC(F)(F)CO.Cl. The van der Waals surface area contributed by atoms with Crippen LogP contribution in [-0.2, 0) is 0 Å². The van der Waals surface area contributed by atoms with Crippen molar-refractivity contribution in [3.8, 4) is 0 Å². The van der Waals surface area contributed by atoms with E-state index < -0.39 is 19.1 Å². The third-order valence-corrected chi connectivity index (χ3v) is 0.779. The Morgan fingerprint density at radius 3 is 1.90 bits per heavy atom. The van der Waals surface area contributed by atoms with Crippen LogP contribution in [0.1, 0.15) is 0 Å². The fraction of sp³-hybridized carbons (Fsp3) is 1.00. The van der Waals surface area contributed by atoms with Crippen molar-refractivity contribution in [2.45, 2.75) is 5.92 Å². The molecule has 64 valence electrons. The van der Waals surface area contributed by atoms with Gasteiger partial charge in [0.05, 0.1) is 6.54 Å². The first-order valence-electron chi connectivity index (χ1n) is 2.61. The summed E-state index contributed by atoms with van der Waals surface area (Å²) in [5, 5.41) is 8.07. The molecule has 0 amide bonds. The molecule has 2 nitrogen and oxygen atoms in total. The summed E-state index contributed by atoms with van der Waals surface area (Å²) < 4.78 is 24.2. The van der Waals surface area contributed by atoms with Crippen LogP contribution in [0.4, 0.5) is 8.78 Å². The Kier molecular flexibility index (Phi) is 6.13.